The van der Waals surface area contributed by atoms with Crippen LogP contribution in [0.2, 0.25) is 0 Å². The zero-order valence-electron chi connectivity index (χ0n) is 8.41. The topological polar surface area (TPSA) is 72.0 Å². The van der Waals surface area contributed by atoms with Crippen LogP contribution >= 0.6 is 11.8 Å². The molecule has 2 unspecified atom stereocenters. The van der Waals surface area contributed by atoms with Crippen molar-refractivity contribution in [2.45, 2.75) is 29.2 Å². The highest BCUT2D eigenvalue weighted by Crippen LogP contribution is 2.36. The minimum Gasteiger partial charge on any atom is -0.395 e. The number of nitrogens with two attached hydrogens (primary N) is 1. The highest BCUT2D eigenvalue weighted by atomic mass is 32.2. The van der Waals surface area contributed by atoms with E-state index in [0.717, 1.165) is 5.03 Å². The third kappa shape index (κ3) is 2.90. The predicted molar refractivity (Wildman–Crippen MR) is 59.5 cm³/mol. The maximum atomic E-state index is 9.29. The summed E-state index contributed by atoms with van der Waals surface area (Å²) in [7, 11) is 0. The molecule has 2 rings (SSSR count). The Balaban J connectivity index is 1.95. The zero-order valence-corrected chi connectivity index (χ0v) is 9.23. The molecule has 82 valence electrons. The van der Waals surface area contributed by atoms with Crippen molar-refractivity contribution in [1.82, 2.24) is 9.97 Å². The molecule has 1 fully saturated rings. The van der Waals surface area contributed by atoms with Crippen LogP contribution < -0.4 is 5.73 Å². The molecule has 5 heteroatoms. The fourth-order valence-corrected chi connectivity index (χ4v) is 2.53. The second-order valence-corrected chi connectivity index (χ2v) is 5.06. The zero-order chi connectivity index (χ0) is 10.7. The van der Waals surface area contributed by atoms with Crippen molar-refractivity contribution in [2.75, 3.05) is 6.61 Å². The van der Waals surface area contributed by atoms with Crippen molar-refractivity contribution in [3.63, 3.8) is 0 Å². The molecule has 0 amide bonds. The van der Waals surface area contributed by atoms with Gasteiger partial charge in [0.15, 0.2) is 0 Å². The van der Waals surface area contributed by atoms with Crippen LogP contribution in [0.15, 0.2) is 23.6 Å². The van der Waals surface area contributed by atoms with Crippen LogP contribution in [0.1, 0.15) is 12.8 Å². The number of aliphatic hydroxyl groups excluding tert-OH is 1. The third-order valence-electron chi connectivity index (χ3n) is 2.59. The fraction of sp³-hybridized carbons (Fsp3) is 0.600. The Bertz CT molecular complexity index is 305. The quantitative estimate of drug-likeness (QED) is 0.721. The van der Waals surface area contributed by atoms with Gasteiger partial charge >= 0.3 is 0 Å². The third-order valence-corrected chi connectivity index (χ3v) is 3.81. The largest absolute Gasteiger partial charge is 0.395 e. The van der Waals surface area contributed by atoms with Gasteiger partial charge < -0.3 is 10.8 Å². The van der Waals surface area contributed by atoms with E-state index in [1.165, 1.54) is 24.6 Å². The second-order valence-electron chi connectivity index (χ2n) is 3.80. The molecule has 3 N–H and O–H groups in total. The first kappa shape index (κ1) is 10.9. The molecule has 1 heterocycles. The maximum Gasteiger partial charge on any atom is 0.115 e. The molecule has 0 aliphatic heterocycles. The van der Waals surface area contributed by atoms with Gasteiger partial charge in [-0.25, -0.2) is 4.98 Å². The molecular formula is C10H15N3OS. The van der Waals surface area contributed by atoms with Crippen LogP contribution in [0.5, 0.6) is 0 Å². The first-order valence-electron chi connectivity index (χ1n) is 5.10. The van der Waals surface area contributed by atoms with Crippen LogP contribution in [0.3, 0.4) is 0 Å². The lowest BCUT2D eigenvalue weighted by Gasteiger charge is -2.20. The number of hydrogen-bond acceptors (Lipinski definition) is 5. The Kier molecular flexibility index (Phi) is 3.56. The Hall–Kier alpha value is -0.650. The number of thioether (sulfide) groups is 1. The van der Waals surface area contributed by atoms with Crippen LogP contribution in [-0.4, -0.2) is 33.0 Å². The van der Waals surface area contributed by atoms with Crippen molar-refractivity contribution in [1.29, 1.82) is 0 Å². The van der Waals surface area contributed by atoms with E-state index in [9.17, 15) is 5.11 Å². The molecule has 1 aromatic heterocycles. The summed E-state index contributed by atoms with van der Waals surface area (Å²) in [6.07, 6.45) is 7.38. The number of hydrogen-bond donors (Lipinski definition) is 2. The van der Waals surface area contributed by atoms with Crippen molar-refractivity contribution < 1.29 is 5.11 Å². The Labute approximate surface area is 93.3 Å². The van der Waals surface area contributed by atoms with E-state index in [4.69, 9.17) is 5.73 Å². The van der Waals surface area contributed by atoms with Gasteiger partial charge in [-0.3, -0.25) is 4.98 Å². The second kappa shape index (κ2) is 4.92. The highest BCUT2D eigenvalue weighted by molar-refractivity contribution is 7.99. The van der Waals surface area contributed by atoms with Crippen molar-refractivity contribution >= 4 is 11.8 Å². The first-order valence-corrected chi connectivity index (χ1v) is 5.98. The number of nitrogens with zero attached hydrogens (tertiary/aromatic N) is 2. The summed E-state index contributed by atoms with van der Waals surface area (Å²) in [6, 6.07) is 0.0713. The molecule has 0 spiro atoms. The van der Waals surface area contributed by atoms with Crippen LogP contribution in [0, 0.1) is 5.92 Å². The molecule has 0 aromatic carbocycles. The Morgan fingerprint density at radius 2 is 2.33 bits per heavy atom. The number of aliphatic hydroxyl groups is 1. The SMILES string of the molecule is NC(C1CC1)C(CO)Sc1cnccn1. The van der Waals surface area contributed by atoms with Crippen molar-refractivity contribution in [3.8, 4) is 0 Å². The van der Waals surface area contributed by atoms with Gasteiger partial charge in [0.1, 0.15) is 5.03 Å². The monoisotopic (exact) mass is 225 g/mol. The molecule has 1 aromatic rings. The number of rotatable bonds is 5. The van der Waals surface area contributed by atoms with Gasteiger partial charge in [-0.15, -0.1) is 0 Å². The maximum absolute atomic E-state index is 9.29. The minimum atomic E-state index is 0.0363. The van der Waals surface area contributed by atoms with E-state index >= 15 is 0 Å². The molecule has 1 aliphatic rings. The van der Waals surface area contributed by atoms with Crippen molar-refractivity contribution in [3.05, 3.63) is 18.6 Å². The summed E-state index contributed by atoms with van der Waals surface area (Å²) >= 11 is 1.52. The molecule has 2 atom stereocenters. The van der Waals surface area contributed by atoms with E-state index in [1.807, 2.05) is 0 Å². The summed E-state index contributed by atoms with van der Waals surface area (Å²) < 4.78 is 0. The standard InChI is InChI=1S/C10H15N3OS/c11-10(7-1-2-7)8(6-14)15-9-5-12-3-4-13-9/h3-5,7-8,10,14H,1-2,6,11H2. The lowest BCUT2D eigenvalue weighted by atomic mass is 10.1. The summed E-state index contributed by atoms with van der Waals surface area (Å²) in [4.78, 5) is 8.15. The van der Waals surface area contributed by atoms with Crippen LogP contribution in [0.4, 0.5) is 0 Å². The van der Waals surface area contributed by atoms with Crippen molar-refractivity contribution in [2.24, 2.45) is 11.7 Å². The molecule has 1 aliphatic carbocycles. The van der Waals surface area contributed by atoms with Gasteiger partial charge in [0.25, 0.3) is 0 Å². The lowest BCUT2D eigenvalue weighted by molar-refractivity contribution is 0.277. The van der Waals surface area contributed by atoms with E-state index in [2.05, 4.69) is 9.97 Å². The molecular weight excluding hydrogens is 210 g/mol. The highest BCUT2D eigenvalue weighted by Gasteiger charge is 2.34. The fourth-order valence-electron chi connectivity index (χ4n) is 1.52. The smallest absolute Gasteiger partial charge is 0.115 e. The van der Waals surface area contributed by atoms with Gasteiger partial charge in [-0.2, -0.15) is 0 Å². The van der Waals surface area contributed by atoms with Gasteiger partial charge in [0, 0.05) is 23.7 Å². The normalized spacial score (nSPS) is 19.9. The average molecular weight is 225 g/mol. The molecule has 15 heavy (non-hydrogen) atoms. The molecule has 0 saturated heterocycles. The van der Waals surface area contributed by atoms with E-state index in [-0.39, 0.29) is 17.9 Å². The minimum absolute atomic E-state index is 0.0363. The molecule has 0 bridgehead atoms. The lowest BCUT2D eigenvalue weighted by Crippen LogP contribution is -2.36. The van der Waals surface area contributed by atoms with Gasteiger partial charge in [0.2, 0.25) is 0 Å². The summed E-state index contributed by atoms with van der Waals surface area (Å²) in [5, 5.41) is 10.1. The van der Waals surface area contributed by atoms with Gasteiger partial charge in [0.05, 0.1) is 12.8 Å². The van der Waals surface area contributed by atoms with Crippen LogP contribution in [0.25, 0.3) is 0 Å². The van der Waals surface area contributed by atoms with Gasteiger partial charge in [-0.1, -0.05) is 11.8 Å². The van der Waals surface area contributed by atoms with Crippen LogP contribution in [-0.2, 0) is 0 Å². The first-order chi connectivity index (χ1) is 7.31. The predicted octanol–water partition coefficient (Wildman–Crippen LogP) is 0.667. The Morgan fingerprint density at radius 3 is 2.87 bits per heavy atom. The summed E-state index contributed by atoms with van der Waals surface area (Å²) in [5.74, 6) is 0.589. The Morgan fingerprint density at radius 1 is 1.53 bits per heavy atom. The van der Waals surface area contributed by atoms with E-state index < -0.39 is 0 Å². The molecule has 4 nitrogen and oxygen atoms in total. The average Bonchev–Trinajstić information content (AvgIpc) is 3.10. The van der Waals surface area contributed by atoms with E-state index in [1.54, 1.807) is 18.6 Å². The molecule has 0 radical (unpaired) electrons. The van der Waals surface area contributed by atoms with E-state index in [0.29, 0.717) is 5.92 Å². The van der Waals surface area contributed by atoms with Gasteiger partial charge in [-0.05, 0) is 18.8 Å². The summed E-state index contributed by atoms with van der Waals surface area (Å²) in [6.45, 7) is 0.0961. The summed E-state index contributed by atoms with van der Waals surface area (Å²) in [5.41, 5.74) is 6.05. The number of aromatic nitrogens is 2. The molecule has 1 saturated carbocycles.